The van der Waals surface area contributed by atoms with Crippen molar-refractivity contribution < 1.29 is 9.59 Å². The summed E-state index contributed by atoms with van der Waals surface area (Å²) in [6, 6.07) is 14.4. The second kappa shape index (κ2) is 17.9. The van der Waals surface area contributed by atoms with Crippen LogP contribution in [0.15, 0.2) is 47.6 Å². The topological polar surface area (TPSA) is 81.0 Å². The molecule has 2 aliphatic heterocycles. The van der Waals surface area contributed by atoms with Gasteiger partial charge in [0, 0.05) is 67.1 Å². The number of rotatable bonds is 11. The number of nitrogens with zero attached hydrogens (tertiary/aromatic N) is 6. The lowest BCUT2D eigenvalue weighted by atomic mass is 9.75. The molecule has 56 heavy (non-hydrogen) atoms. The van der Waals surface area contributed by atoms with Gasteiger partial charge in [-0.15, -0.1) is 11.8 Å². The maximum atomic E-state index is 12.8. The van der Waals surface area contributed by atoms with E-state index in [-0.39, 0.29) is 12.1 Å². The average Bonchev–Trinajstić information content (AvgIpc) is 3.72. The average molecular weight is 783 g/mol. The van der Waals surface area contributed by atoms with E-state index in [2.05, 4.69) is 88.0 Å². The molecule has 2 saturated heterocycles. The molecule has 0 spiro atoms. The Bertz CT molecular complexity index is 1990. The number of hydrogen-bond donors (Lipinski definition) is 2. The number of carbonyl (C=O) groups excluding carboxylic acids is 2. The number of amides is 4. The number of urea groups is 2. The highest BCUT2D eigenvalue weighted by Crippen LogP contribution is 2.47. The molecule has 0 radical (unpaired) electrons. The minimum atomic E-state index is -0.0295. The van der Waals surface area contributed by atoms with E-state index in [4.69, 9.17) is 0 Å². The summed E-state index contributed by atoms with van der Waals surface area (Å²) < 4.78 is 4.01. The maximum Gasteiger partial charge on any atom is 0.336 e. The van der Waals surface area contributed by atoms with Crippen molar-refractivity contribution in [3.63, 3.8) is 0 Å². The number of piperidine rings is 2. The van der Waals surface area contributed by atoms with Gasteiger partial charge >= 0.3 is 12.1 Å². The SMILES string of the molecule is CCCN1CCC[C@@H]2c3cccc4c3c(c(SC)n4NC(=O)N(CC)CC)C[C@H]21.CCCN1CCC[C@@H]2c3cccc4c3c(cn4NC(=O)N(CC)CC)C[C@H]21. The molecule has 2 N–H and O–H groups in total. The first-order valence-electron chi connectivity index (χ1n) is 21.7. The van der Waals surface area contributed by atoms with Gasteiger partial charge in [0.2, 0.25) is 0 Å². The Hall–Kier alpha value is -3.67. The van der Waals surface area contributed by atoms with E-state index in [9.17, 15) is 9.59 Å². The molecule has 11 heteroatoms. The van der Waals surface area contributed by atoms with Gasteiger partial charge < -0.3 is 9.80 Å². The van der Waals surface area contributed by atoms with Crippen LogP contribution in [0.25, 0.3) is 21.8 Å². The molecule has 2 aromatic carbocycles. The Morgan fingerprint density at radius 1 is 0.714 bits per heavy atom. The number of carbonyl (C=O) groups is 2. The number of aromatic nitrogens is 2. The fraction of sp³-hybridized carbons (Fsp3) is 0.600. The highest BCUT2D eigenvalue weighted by atomic mass is 32.2. The van der Waals surface area contributed by atoms with Crippen LogP contribution in [0.5, 0.6) is 0 Å². The number of likely N-dealkylation sites (tertiary alicyclic amines) is 2. The van der Waals surface area contributed by atoms with Crippen LogP contribution in [0.3, 0.4) is 0 Å². The number of nitrogens with one attached hydrogen (secondary N) is 2. The first-order valence-corrected chi connectivity index (χ1v) is 23.0. The van der Waals surface area contributed by atoms with Gasteiger partial charge in [0.15, 0.2) is 0 Å². The van der Waals surface area contributed by atoms with E-state index in [1.807, 2.05) is 42.2 Å². The molecule has 0 saturated carbocycles. The van der Waals surface area contributed by atoms with Gasteiger partial charge in [0.1, 0.15) is 0 Å². The highest BCUT2D eigenvalue weighted by molar-refractivity contribution is 7.98. The second-order valence-corrected chi connectivity index (χ2v) is 16.9. The van der Waals surface area contributed by atoms with Crippen LogP contribution < -0.4 is 10.9 Å². The molecule has 4 atom stereocenters. The largest absolute Gasteiger partial charge is 0.336 e. The fourth-order valence-electron chi connectivity index (χ4n) is 10.7. The third-order valence-electron chi connectivity index (χ3n) is 13.2. The quantitative estimate of drug-likeness (QED) is 0.149. The molecular weight excluding hydrogens is 717 g/mol. The van der Waals surface area contributed by atoms with Crippen molar-refractivity contribution in [3.8, 4) is 0 Å². The zero-order valence-corrected chi connectivity index (χ0v) is 35.9. The molecule has 2 aromatic heterocycles. The van der Waals surface area contributed by atoms with Gasteiger partial charge in [-0.2, -0.15) is 0 Å². The summed E-state index contributed by atoms with van der Waals surface area (Å²) in [5.74, 6) is 1.23. The van der Waals surface area contributed by atoms with Gasteiger partial charge in [-0.25, -0.2) is 25.1 Å². The lowest BCUT2D eigenvalue weighted by Crippen LogP contribution is -2.47. The smallest absolute Gasteiger partial charge is 0.324 e. The fourth-order valence-corrected chi connectivity index (χ4v) is 11.4. The predicted octanol–water partition coefficient (Wildman–Crippen LogP) is 9.04. The third kappa shape index (κ3) is 7.44. The van der Waals surface area contributed by atoms with E-state index < -0.39 is 0 Å². The van der Waals surface area contributed by atoms with Crippen LogP contribution in [0, 0.1) is 0 Å². The zero-order chi connectivity index (χ0) is 39.5. The standard InChI is InChI=1S/C23H34N4OS.C22H32N4O/c1-5-13-26-14-9-11-16-17-10-8-12-19-21(17)18(15-20(16)26)22(29-4)27(19)24-23(28)25(6-2)7-3;1-4-12-25-13-8-10-17-18-9-7-11-19-21(18)16(14-20(17)25)15-26(19)23-22(27)24(5-2)6-3/h8,10,12,16,20H,5-7,9,11,13-15H2,1-4H3,(H,24,28);7,9,11,15,17,20H,4-6,8,10,12-14H2,1-3H3,(H,23,27)/t16-,20-;17-,20-/m11/s1. The molecule has 8 rings (SSSR count). The summed E-state index contributed by atoms with van der Waals surface area (Å²) in [4.78, 5) is 34.5. The minimum Gasteiger partial charge on any atom is -0.324 e. The Labute approximate surface area is 339 Å². The number of fused-ring (bicyclic) bond motifs is 4. The molecule has 4 heterocycles. The summed E-state index contributed by atoms with van der Waals surface area (Å²) in [6.45, 7) is 20.3. The Morgan fingerprint density at radius 3 is 1.80 bits per heavy atom. The van der Waals surface area contributed by atoms with Crippen LogP contribution in [0.1, 0.15) is 114 Å². The highest BCUT2D eigenvalue weighted by Gasteiger charge is 2.40. The van der Waals surface area contributed by atoms with E-state index in [0.717, 1.165) is 37.0 Å². The Kier molecular flexibility index (Phi) is 12.9. The summed E-state index contributed by atoms with van der Waals surface area (Å²) in [7, 11) is 0. The van der Waals surface area contributed by atoms with Crippen LogP contribution in [-0.2, 0) is 12.8 Å². The lowest BCUT2D eigenvalue weighted by molar-refractivity contribution is 0.123. The molecule has 4 aliphatic rings. The summed E-state index contributed by atoms with van der Waals surface area (Å²) in [6.07, 6.45) is 14.0. The molecule has 0 bridgehead atoms. The van der Waals surface area contributed by atoms with Crippen molar-refractivity contribution >= 4 is 45.6 Å². The number of thioether (sulfide) groups is 1. The van der Waals surface area contributed by atoms with Crippen LogP contribution >= 0.6 is 11.8 Å². The number of benzene rings is 2. The summed E-state index contributed by atoms with van der Waals surface area (Å²) in [5.41, 5.74) is 14.4. The molecule has 4 amide bonds. The van der Waals surface area contributed by atoms with Crippen molar-refractivity contribution in [2.45, 2.75) is 122 Å². The molecule has 10 nitrogen and oxygen atoms in total. The van der Waals surface area contributed by atoms with Crippen LogP contribution in [-0.4, -0.2) is 112 Å². The Morgan fingerprint density at radius 2 is 1.25 bits per heavy atom. The van der Waals surface area contributed by atoms with E-state index in [1.165, 1.54) is 103 Å². The van der Waals surface area contributed by atoms with E-state index in [0.29, 0.717) is 37.0 Å². The van der Waals surface area contributed by atoms with Gasteiger partial charge in [0.05, 0.1) is 16.1 Å². The second-order valence-electron chi connectivity index (χ2n) is 16.1. The van der Waals surface area contributed by atoms with E-state index >= 15 is 0 Å². The van der Waals surface area contributed by atoms with Crippen LogP contribution in [0.2, 0.25) is 0 Å². The van der Waals surface area contributed by atoms with Crippen molar-refractivity contribution in [2.75, 3.05) is 69.5 Å². The molecular formula is C45H66N8O2S. The van der Waals surface area contributed by atoms with Gasteiger partial charge in [-0.3, -0.25) is 14.5 Å². The Balaban J connectivity index is 0.000000172. The molecule has 304 valence electrons. The monoisotopic (exact) mass is 783 g/mol. The molecule has 0 unspecified atom stereocenters. The van der Waals surface area contributed by atoms with Crippen molar-refractivity contribution in [2.24, 2.45) is 0 Å². The van der Waals surface area contributed by atoms with Crippen molar-refractivity contribution in [3.05, 3.63) is 64.8 Å². The first kappa shape index (κ1) is 40.5. The maximum absolute atomic E-state index is 12.8. The number of hydrogen-bond acceptors (Lipinski definition) is 5. The summed E-state index contributed by atoms with van der Waals surface area (Å²) in [5, 5.41) is 3.95. The van der Waals surface area contributed by atoms with Gasteiger partial charge in [0.25, 0.3) is 0 Å². The first-order chi connectivity index (χ1) is 27.3. The summed E-state index contributed by atoms with van der Waals surface area (Å²) >= 11 is 1.75. The minimum absolute atomic E-state index is 0.0246. The van der Waals surface area contributed by atoms with Gasteiger partial charge in [-0.05, 0) is 146 Å². The van der Waals surface area contributed by atoms with Gasteiger partial charge in [-0.1, -0.05) is 38.1 Å². The molecule has 4 aromatic rings. The van der Waals surface area contributed by atoms with E-state index in [1.54, 1.807) is 11.8 Å². The molecule has 2 fully saturated rings. The zero-order valence-electron chi connectivity index (χ0n) is 35.1. The molecule has 2 aliphatic carbocycles. The predicted molar refractivity (Wildman–Crippen MR) is 234 cm³/mol. The normalized spacial score (nSPS) is 21.6. The van der Waals surface area contributed by atoms with Crippen molar-refractivity contribution in [1.82, 2.24) is 29.0 Å². The lowest BCUT2D eigenvalue weighted by Gasteiger charge is -2.44. The van der Waals surface area contributed by atoms with Crippen LogP contribution in [0.4, 0.5) is 9.59 Å². The van der Waals surface area contributed by atoms with Crippen molar-refractivity contribution in [1.29, 1.82) is 0 Å². The third-order valence-corrected chi connectivity index (χ3v) is 14.0.